The minimum Gasteiger partial charge on any atom is -0.497 e. The number of hydrogen-bond acceptors (Lipinski definition) is 4. The maximum Gasteiger partial charge on any atom is 0.118 e. The molecule has 4 aromatic rings. The second-order valence-corrected chi connectivity index (χ2v) is 8.61. The molecule has 0 spiro atoms. The summed E-state index contributed by atoms with van der Waals surface area (Å²) < 4.78 is 7.60. The van der Waals surface area contributed by atoms with E-state index < -0.39 is 0 Å². The first-order valence-corrected chi connectivity index (χ1v) is 10.7. The molecule has 0 aliphatic rings. The van der Waals surface area contributed by atoms with Gasteiger partial charge in [-0.05, 0) is 62.0 Å². The summed E-state index contributed by atoms with van der Waals surface area (Å²) in [7, 11) is 5.87. The molecule has 2 aromatic carbocycles. The molecule has 1 unspecified atom stereocenters. The molecule has 32 heavy (non-hydrogen) atoms. The Morgan fingerprint density at radius 1 is 0.969 bits per heavy atom. The van der Waals surface area contributed by atoms with Crippen molar-refractivity contribution in [1.82, 2.24) is 14.5 Å². The van der Waals surface area contributed by atoms with Crippen LogP contribution in [0, 0.1) is 17.2 Å². The average molecular weight is 425 g/mol. The van der Waals surface area contributed by atoms with Gasteiger partial charge in [0.05, 0.1) is 30.4 Å². The quantitative estimate of drug-likeness (QED) is 0.383. The molecule has 0 saturated heterocycles. The van der Waals surface area contributed by atoms with E-state index in [1.165, 1.54) is 0 Å². The lowest BCUT2D eigenvalue weighted by molar-refractivity contribution is 0.164. The van der Waals surface area contributed by atoms with E-state index in [9.17, 15) is 5.26 Å². The molecule has 0 aliphatic carbocycles. The Bertz CT molecular complexity index is 1270. The summed E-state index contributed by atoms with van der Waals surface area (Å²) in [6.45, 7) is 4.46. The molecule has 0 saturated carbocycles. The lowest BCUT2D eigenvalue weighted by Crippen LogP contribution is -2.29. The molecule has 0 N–H and O–H groups in total. The lowest BCUT2D eigenvalue weighted by Gasteiger charge is -2.30. The Kier molecular flexibility index (Phi) is 5.98. The highest BCUT2D eigenvalue weighted by Crippen LogP contribution is 2.36. The third-order valence-corrected chi connectivity index (χ3v) is 5.85. The fraction of sp³-hybridized carbons (Fsp3) is 0.259. The number of rotatable bonds is 6. The molecule has 162 valence electrons. The Hall–Kier alpha value is -3.62. The van der Waals surface area contributed by atoms with Gasteiger partial charge >= 0.3 is 0 Å². The molecule has 4 rings (SSSR count). The van der Waals surface area contributed by atoms with Crippen LogP contribution in [0.25, 0.3) is 33.2 Å². The zero-order valence-electron chi connectivity index (χ0n) is 19.2. The van der Waals surface area contributed by atoms with Crippen molar-refractivity contribution in [2.24, 2.45) is 5.92 Å². The van der Waals surface area contributed by atoms with E-state index in [0.29, 0.717) is 11.5 Å². The van der Waals surface area contributed by atoms with Gasteiger partial charge in [-0.1, -0.05) is 26.0 Å². The first kappa shape index (κ1) is 21.6. The molecular weight excluding hydrogens is 396 g/mol. The van der Waals surface area contributed by atoms with Crippen LogP contribution >= 0.6 is 0 Å². The molecule has 0 fully saturated rings. The Morgan fingerprint density at radius 3 is 2.31 bits per heavy atom. The predicted molar refractivity (Wildman–Crippen MR) is 129 cm³/mol. The van der Waals surface area contributed by atoms with Gasteiger partial charge in [0.2, 0.25) is 0 Å². The second-order valence-electron chi connectivity index (χ2n) is 8.61. The fourth-order valence-electron chi connectivity index (χ4n) is 4.47. The van der Waals surface area contributed by atoms with Crippen LogP contribution in [0.2, 0.25) is 0 Å². The number of nitriles is 1. The third kappa shape index (κ3) is 3.98. The van der Waals surface area contributed by atoms with Crippen LogP contribution in [-0.4, -0.2) is 35.7 Å². The van der Waals surface area contributed by atoms with Gasteiger partial charge < -0.3 is 9.30 Å². The zero-order valence-corrected chi connectivity index (χ0v) is 19.2. The van der Waals surface area contributed by atoms with Crippen molar-refractivity contribution in [2.75, 3.05) is 21.2 Å². The van der Waals surface area contributed by atoms with Crippen molar-refractivity contribution in [3.8, 4) is 34.1 Å². The molecule has 0 aliphatic heterocycles. The molecule has 2 aromatic heterocycles. The summed E-state index contributed by atoms with van der Waals surface area (Å²) in [6, 6.07) is 18.4. The van der Waals surface area contributed by atoms with Crippen molar-refractivity contribution in [1.29, 1.82) is 5.26 Å². The summed E-state index contributed by atoms with van der Waals surface area (Å²) >= 11 is 0. The smallest absolute Gasteiger partial charge is 0.118 e. The first-order chi connectivity index (χ1) is 15.4. The monoisotopic (exact) mass is 424 g/mol. The van der Waals surface area contributed by atoms with Crippen LogP contribution in [0.3, 0.4) is 0 Å². The SMILES string of the molecule is COc1ccc(-c2cncc(-c3cn(C(C(C)C)N(C)C)c4ccc(C#N)cc34)c2)cc1. The maximum absolute atomic E-state index is 9.50. The molecule has 2 heterocycles. The zero-order chi connectivity index (χ0) is 22.8. The second kappa shape index (κ2) is 8.86. The van der Waals surface area contributed by atoms with Gasteiger partial charge in [0, 0.05) is 40.7 Å². The van der Waals surface area contributed by atoms with Gasteiger partial charge in [-0.2, -0.15) is 5.26 Å². The minimum absolute atomic E-state index is 0.192. The number of ether oxygens (including phenoxy) is 1. The number of nitrogens with zero attached hydrogens (tertiary/aromatic N) is 4. The van der Waals surface area contributed by atoms with Gasteiger partial charge in [0.1, 0.15) is 5.75 Å². The highest BCUT2D eigenvalue weighted by Gasteiger charge is 2.22. The van der Waals surface area contributed by atoms with Crippen LogP contribution in [-0.2, 0) is 0 Å². The van der Waals surface area contributed by atoms with Crippen molar-refractivity contribution in [3.63, 3.8) is 0 Å². The number of methoxy groups -OCH3 is 1. The number of hydrogen-bond donors (Lipinski definition) is 0. The van der Waals surface area contributed by atoms with Crippen LogP contribution in [0.15, 0.2) is 67.1 Å². The topological polar surface area (TPSA) is 54.1 Å². The van der Waals surface area contributed by atoms with Gasteiger partial charge in [-0.15, -0.1) is 0 Å². The fourth-order valence-corrected chi connectivity index (χ4v) is 4.47. The molecule has 1 atom stereocenters. The Morgan fingerprint density at radius 2 is 1.69 bits per heavy atom. The van der Waals surface area contributed by atoms with Crippen molar-refractivity contribution in [3.05, 3.63) is 72.7 Å². The third-order valence-electron chi connectivity index (χ3n) is 5.85. The van der Waals surface area contributed by atoms with E-state index in [0.717, 1.165) is 38.9 Å². The van der Waals surface area contributed by atoms with Crippen molar-refractivity contribution >= 4 is 10.9 Å². The van der Waals surface area contributed by atoms with Crippen LogP contribution < -0.4 is 4.74 Å². The van der Waals surface area contributed by atoms with Gasteiger partial charge in [0.15, 0.2) is 0 Å². The van der Waals surface area contributed by atoms with Gasteiger partial charge in [0.25, 0.3) is 0 Å². The summed E-state index contributed by atoms with van der Waals surface area (Å²) in [5, 5.41) is 10.6. The first-order valence-electron chi connectivity index (χ1n) is 10.7. The molecule has 0 amide bonds. The van der Waals surface area contributed by atoms with Crippen LogP contribution in [0.5, 0.6) is 5.75 Å². The normalized spacial score (nSPS) is 12.3. The Labute approximate surface area is 189 Å². The standard InChI is InChI=1S/C27H28N4O/c1-18(2)27(30(3)4)31-17-25(24-12-19(14-28)6-11-26(24)31)22-13-21(15-29-16-22)20-7-9-23(32-5)10-8-20/h6-13,15-18,27H,1-5H3. The van der Waals surface area contributed by atoms with E-state index in [1.807, 2.05) is 48.8 Å². The number of fused-ring (bicyclic) bond motifs is 1. The maximum atomic E-state index is 9.50. The van der Waals surface area contributed by atoms with Crippen LogP contribution in [0.4, 0.5) is 0 Å². The van der Waals surface area contributed by atoms with E-state index in [-0.39, 0.29) is 6.17 Å². The molecule has 5 heteroatoms. The molecular formula is C27H28N4O. The van der Waals surface area contributed by atoms with E-state index in [1.54, 1.807) is 7.11 Å². The van der Waals surface area contributed by atoms with Crippen molar-refractivity contribution in [2.45, 2.75) is 20.0 Å². The van der Waals surface area contributed by atoms with Crippen LogP contribution in [0.1, 0.15) is 25.6 Å². The van der Waals surface area contributed by atoms with E-state index in [4.69, 9.17) is 4.74 Å². The number of benzene rings is 2. The number of aromatic nitrogens is 2. The van der Waals surface area contributed by atoms with E-state index >= 15 is 0 Å². The van der Waals surface area contributed by atoms with Gasteiger partial charge in [-0.25, -0.2) is 0 Å². The summed E-state index contributed by atoms with van der Waals surface area (Å²) in [4.78, 5) is 6.77. The average Bonchev–Trinajstić information content (AvgIpc) is 3.17. The predicted octanol–water partition coefficient (Wildman–Crippen LogP) is 5.97. The molecule has 0 radical (unpaired) electrons. The lowest BCUT2D eigenvalue weighted by atomic mass is 10.0. The highest BCUT2D eigenvalue weighted by atomic mass is 16.5. The highest BCUT2D eigenvalue weighted by molar-refractivity contribution is 5.97. The molecule has 0 bridgehead atoms. The van der Waals surface area contributed by atoms with Crippen molar-refractivity contribution < 1.29 is 4.74 Å². The summed E-state index contributed by atoms with van der Waals surface area (Å²) in [5.41, 5.74) is 5.99. The van der Waals surface area contributed by atoms with E-state index in [2.05, 4.69) is 66.8 Å². The minimum atomic E-state index is 0.192. The Balaban J connectivity index is 1.89. The largest absolute Gasteiger partial charge is 0.497 e. The molecule has 5 nitrogen and oxygen atoms in total. The summed E-state index contributed by atoms with van der Waals surface area (Å²) in [5.74, 6) is 1.24. The van der Waals surface area contributed by atoms with Gasteiger partial charge in [-0.3, -0.25) is 9.88 Å². The number of pyridine rings is 1. The summed E-state index contributed by atoms with van der Waals surface area (Å²) in [6.07, 6.45) is 6.16.